The van der Waals surface area contributed by atoms with Crippen LogP contribution in [0, 0.1) is 0 Å². The lowest BCUT2D eigenvalue weighted by atomic mass is 9.98. The molecule has 1 atom stereocenters. The molecule has 22 heavy (non-hydrogen) atoms. The summed E-state index contributed by atoms with van der Waals surface area (Å²) >= 11 is 5.90. The van der Waals surface area contributed by atoms with Crippen LogP contribution < -0.4 is 5.43 Å². The maximum atomic E-state index is 13.6. The van der Waals surface area contributed by atoms with Crippen molar-refractivity contribution >= 4 is 28.3 Å². The number of hydrogen-bond acceptors (Lipinski definition) is 2. The predicted molar refractivity (Wildman–Crippen MR) is 77.2 cm³/mol. The molecule has 0 bridgehead atoms. The van der Waals surface area contributed by atoms with Gasteiger partial charge in [0.05, 0.1) is 0 Å². The van der Waals surface area contributed by atoms with Gasteiger partial charge in [-0.2, -0.15) is 13.2 Å². The zero-order valence-corrected chi connectivity index (χ0v) is 12.1. The second-order valence-electron chi connectivity index (χ2n) is 5.14. The van der Waals surface area contributed by atoms with Crippen molar-refractivity contribution in [3.05, 3.63) is 47.0 Å². The molecule has 0 aromatic heterocycles. The van der Waals surface area contributed by atoms with Crippen LogP contribution in [0.15, 0.2) is 36.4 Å². The molecule has 116 valence electrons. The Morgan fingerprint density at radius 2 is 2.00 bits per heavy atom. The molecule has 7 heteroatoms. The highest BCUT2D eigenvalue weighted by Gasteiger charge is 2.47. The number of hydrogen-bond donors (Lipinski definition) is 1. The fourth-order valence-electron chi connectivity index (χ4n) is 2.73. The smallest absolute Gasteiger partial charge is 0.288 e. The number of carbonyl (C=O) groups excluding carboxylic acids is 1. The van der Waals surface area contributed by atoms with Gasteiger partial charge in [-0.1, -0.05) is 35.9 Å². The minimum atomic E-state index is -4.51. The Balaban J connectivity index is 2.14. The lowest BCUT2D eigenvalue weighted by Gasteiger charge is -2.30. The molecule has 1 amide bonds. The molecule has 2 aromatic rings. The minimum absolute atomic E-state index is 0.0208. The van der Waals surface area contributed by atoms with E-state index in [-0.39, 0.29) is 18.5 Å². The van der Waals surface area contributed by atoms with Crippen LogP contribution in [0.5, 0.6) is 0 Å². The van der Waals surface area contributed by atoms with Crippen molar-refractivity contribution in [3.8, 4) is 0 Å². The van der Waals surface area contributed by atoms with Crippen LogP contribution in [0.3, 0.4) is 0 Å². The van der Waals surface area contributed by atoms with Gasteiger partial charge in [-0.3, -0.25) is 10.2 Å². The molecule has 1 heterocycles. The van der Waals surface area contributed by atoms with Crippen molar-refractivity contribution < 1.29 is 18.0 Å². The normalized spacial score (nSPS) is 17.7. The first kappa shape index (κ1) is 15.1. The van der Waals surface area contributed by atoms with Crippen LogP contribution in [0.1, 0.15) is 18.0 Å². The zero-order valence-electron chi connectivity index (χ0n) is 11.3. The Morgan fingerprint density at radius 3 is 2.64 bits per heavy atom. The van der Waals surface area contributed by atoms with Gasteiger partial charge in [0.15, 0.2) is 6.04 Å². The summed E-state index contributed by atoms with van der Waals surface area (Å²) < 4.78 is 40.7. The number of benzene rings is 2. The van der Waals surface area contributed by atoms with Gasteiger partial charge in [0, 0.05) is 18.0 Å². The molecule has 0 spiro atoms. The fraction of sp³-hybridized carbons (Fsp3) is 0.267. The number of alkyl halides is 3. The topological polar surface area (TPSA) is 32.3 Å². The summed E-state index contributed by atoms with van der Waals surface area (Å²) in [5, 5.41) is 2.51. The van der Waals surface area contributed by atoms with Crippen molar-refractivity contribution in [2.45, 2.75) is 18.6 Å². The first-order valence-electron chi connectivity index (χ1n) is 6.67. The molecule has 0 aliphatic carbocycles. The number of amides is 1. The molecule has 1 aliphatic rings. The minimum Gasteiger partial charge on any atom is -0.288 e. The number of rotatable bonds is 2. The Labute approximate surface area is 129 Å². The lowest BCUT2D eigenvalue weighted by Crippen LogP contribution is -2.43. The van der Waals surface area contributed by atoms with Crippen molar-refractivity contribution in [1.82, 2.24) is 10.4 Å². The number of halogens is 4. The standard InChI is InChI=1S/C15H12ClF3N2O/c16-10-4-5-11-9(8-10)2-1-3-12(11)14(15(17,18)19)21-7-6-13(22)20-21/h1-5,8,14H,6-7H2,(H,20,22)/t14-/m0/s1. The molecule has 0 radical (unpaired) electrons. The van der Waals surface area contributed by atoms with E-state index in [1.807, 2.05) is 0 Å². The molecule has 0 saturated carbocycles. The molecule has 1 N–H and O–H groups in total. The molecule has 1 fully saturated rings. The van der Waals surface area contributed by atoms with Gasteiger partial charge >= 0.3 is 6.18 Å². The average molecular weight is 329 g/mol. The molecular weight excluding hydrogens is 317 g/mol. The van der Waals surface area contributed by atoms with Gasteiger partial charge in [-0.25, -0.2) is 5.01 Å². The quantitative estimate of drug-likeness (QED) is 0.908. The summed E-state index contributed by atoms with van der Waals surface area (Å²) in [6.07, 6.45) is -4.45. The van der Waals surface area contributed by atoms with Crippen molar-refractivity contribution in [2.24, 2.45) is 0 Å². The molecule has 2 aromatic carbocycles. The van der Waals surface area contributed by atoms with Crippen LogP contribution in [0.25, 0.3) is 10.8 Å². The highest BCUT2D eigenvalue weighted by Crippen LogP contribution is 2.40. The Bertz CT molecular complexity index is 732. The fourth-order valence-corrected chi connectivity index (χ4v) is 2.91. The highest BCUT2D eigenvalue weighted by atomic mass is 35.5. The highest BCUT2D eigenvalue weighted by molar-refractivity contribution is 6.31. The van der Waals surface area contributed by atoms with Crippen LogP contribution in [0.2, 0.25) is 5.02 Å². The van der Waals surface area contributed by atoms with E-state index in [1.54, 1.807) is 30.3 Å². The van der Waals surface area contributed by atoms with Gasteiger partial charge in [0.25, 0.3) is 0 Å². The third kappa shape index (κ3) is 2.76. The molecular formula is C15H12ClF3N2O. The average Bonchev–Trinajstić information content (AvgIpc) is 2.83. The first-order valence-corrected chi connectivity index (χ1v) is 7.05. The monoisotopic (exact) mass is 328 g/mol. The van der Waals surface area contributed by atoms with Gasteiger partial charge in [-0.15, -0.1) is 0 Å². The number of fused-ring (bicyclic) bond motifs is 1. The molecule has 3 rings (SSSR count). The van der Waals surface area contributed by atoms with E-state index in [4.69, 9.17) is 11.6 Å². The molecule has 1 aliphatic heterocycles. The van der Waals surface area contributed by atoms with Crippen LogP contribution in [-0.4, -0.2) is 23.6 Å². The van der Waals surface area contributed by atoms with Gasteiger partial charge in [0.1, 0.15) is 0 Å². The number of carbonyl (C=O) groups is 1. The van der Waals surface area contributed by atoms with E-state index in [2.05, 4.69) is 5.43 Å². The molecule has 3 nitrogen and oxygen atoms in total. The van der Waals surface area contributed by atoms with Crippen molar-refractivity contribution in [1.29, 1.82) is 0 Å². The summed E-state index contributed by atoms with van der Waals surface area (Å²) in [5.74, 6) is -0.405. The van der Waals surface area contributed by atoms with Gasteiger partial charge < -0.3 is 0 Å². The maximum Gasteiger partial charge on any atom is 0.409 e. The van der Waals surface area contributed by atoms with E-state index in [0.29, 0.717) is 15.8 Å². The summed E-state index contributed by atoms with van der Waals surface area (Å²) in [6, 6.07) is 7.57. The largest absolute Gasteiger partial charge is 0.409 e. The van der Waals surface area contributed by atoms with Crippen molar-refractivity contribution in [2.75, 3.05) is 6.54 Å². The van der Waals surface area contributed by atoms with E-state index >= 15 is 0 Å². The van der Waals surface area contributed by atoms with Gasteiger partial charge in [0.2, 0.25) is 5.91 Å². The first-order chi connectivity index (χ1) is 10.4. The number of nitrogens with one attached hydrogen (secondary N) is 1. The second-order valence-corrected chi connectivity index (χ2v) is 5.57. The van der Waals surface area contributed by atoms with E-state index in [0.717, 1.165) is 5.01 Å². The summed E-state index contributed by atoms with van der Waals surface area (Å²) in [4.78, 5) is 11.3. The zero-order chi connectivity index (χ0) is 15.9. The third-order valence-corrected chi connectivity index (χ3v) is 3.88. The summed E-state index contributed by atoms with van der Waals surface area (Å²) in [5.41, 5.74) is 2.38. The summed E-state index contributed by atoms with van der Waals surface area (Å²) in [6.45, 7) is 0.0208. The van der Waals surface area contributed by atoms with Gasteiger partial charge in [-0.05, 0) is 28.5 Å². The Hall–Kier alpha value is -1.79. The molecule has 0 unspecified atom stereocenters. The second kappa shape index (κ2) is 5.44. The van der Waals surface area contributed by atoms with Crippen molar-refractivity contribution in [3.63, 3.8) is 0 Å². The SMILES string of the molecule is O=C1CCN([C@@H](c2cccc3cc(Cl)ccc23)C(F)(F)F)N1. The summed E-state index contributed by atoms with van der Waals surface area (Å²) in [7, 11) is 0. The Kier molecular flexibility index (Phi) is 3.74. The number of nitrogens with zero attached hydrogens (tertiary/aromatic N) is 1. The maximum absolute atomic E-state index is 13.6. The Morgan fingerprint density at radius 1 is 1.23 bits per heavy atom. The van der Waals surface area contributed by atoms with Crippen LogP contribution in [0.4, 0.5) is 13.2 Å². The number of hydrazine groups is 1. The third-order valence-electron chi connectivity index (χ3n) is 3.64. The van der Waals surface area contributed by atoms with E-state index in [1.165, 1.54) is 6.07 Å². The van der Waals surface area contributed by atoms with Crippen LogP contribution in [-0.2, 0) is 4.79 Å². The van der Waals surface area contributed by atoms with Crippen LogP contribution >= 0.6 is 11.6 Å². The van der Waals surface area contributed by atoms with E-state index < -0.39 is 18.1 Å². The predicted octanol–water partition coefficient (Wildman–Crippen LogP) is 3.83. The van der Waals surface area contributed by atoms with E-state index in [9.17, 15) is 18.0 Å². The molecule has 1 saturated heterocycles. The lowest BCUT2D eigenvalue weighted by molar-refractivity contribution is -0.190.